The van der Waals surface area contributed by atoms with E-state index in [-0.39, 0.29) is 11.2 Å². The van der Waals surface area contributed by atoms with Gasteiger partial charge in [-0.05, 0) is 35.8 Å². The van der Waals surface area contributed by atoms with Gasteiger partial charge < -0.3 is 5.32 Å². The third kappa shape index (κ3) is 3.85. The van der Waals surface area contributed by atoms with E-state index in [2.05, 4.69) is 20.8 Å². The minimum Gasteiger partial charge on any atom is -0.351 e. The van der Waals surface area contributed by atoms with Crippen molar-refractivity contribution in [1.82, 2.24) is 25.5 Å². The number of hydrogen-bond donors (Lipinski definition) is 1. The molecule has 3 rings (SSSR count). The maximum atomic E-state index is 12.1. The smallest absolute Gasteiger partial charge is 0.233 e. The minimum absolute atomic E-state index is 0.0410. The summed E-state index contributed by atoms with van der Waals surface area (Å²) in [7, 11) is 0. The first-order valence-corrected chi connectivity index (χ1v) is 8.49. The zero-order valence-corrected chi connectivity index (χ0v) is 13.3. The van der Waals surface area contributed by atoms with E-state index in [9.17, 15) is 4.79 Å². The van der Waals surface area contributed by atoms with Gasteiger partial charge >= 0.3 is 0 Å². The number of carbonyl (C=O) groups is 1. The van der Waals surface area contributed by atoms with E-state index in [4.69, 9.17) is 0 Å². The van der Waals surface area contributed by atoms with Gasteiger partial charge in [0, 0.05) is 6.54 Å². The van der Waals surface area contributed by atoms with Gasteiger partial charge in [0.05, 0.1) is 17.0 Å². The standard InChI is InChI=1S/C15H19N5OS/c1-11(15(21)16-9-12-5-3-2-4-6-12)22-10-14-17-18-19-20(14)13-7-8-13/h2-6,11,13H,7-10H2,1H3,(H,16,21)/t11-/m1/s1. The lowest BCUT2D eigenvalue weighted by molar-refractivity contribution is -0.120. The molecule has 1 saturated carbocycles. The van der Waals surface area contributed by atoms with Crippen molar-refractivity contribution in [1.29, 1.82) is 0 Å². The van der Waals surface area contributed by atoms with Crippen molar-refractivity contribution < 1.29 is 4.79 Å². The molecular formula is C15H19N5OS. The first-order valence-electron chi connectivity index (χ1n) is 7.44. The summed E-state index contributed by atoms with van der Waals surface area (Å²) in [5.74, 6) is 1.55. The third-order valence-electron chi connectivity index (χ3n) is 3.59. The monoisotopic (exact) mass is 317 g/mol. The fraction of sp³-hybridized carbons (Fsp3) is 0.467. The Morgan fingerprint density at radius 1 is 1.41 bits per heavy atom. The molecule has 0 aliphatic heterocycles. The molecule has 2 aromatic rings. The van der Waals surface area contributed by atoms with Crippen LogP contribution in [0.5, 0.6) is 0 Å². The molecule has 0 unspecified atom stereocenters. The molecule has 6 nitrogen and oxygen atoms in total. The van der Waals surface area contributed by atoms with Gasteiger partial charge in [-0.2, -0.15) is 0 Å². The van der Waals surface area contributed by atoms with Crippen LogP contribution in [0.15, 0.2) is 30.3 Å². The van der Waals surface area contributed by atoms with Crippen molar-refractivity contribution in [2.45, 2.75) is 43.4 Å². The third-order valence-corrected chi connectivity index (χ3v) is 4.73. The molecule has 116 valence electrons. The Morgan fingerprint density at radius 3 is 2.91 bits per heavy atom. The van der Waals surface area contributed by atoms with Gasteiger partial charge in [0.15, 0.2) is 5.82 Å². The lowest BCUT2D eigenvalue weighted by Gasteiger charge is -2.12. The number of nitrogens with zero attached hydrogens (tertiary/aromatic N) is 4. The van der Waals surface area contributed by atoms with Crippen LogP contribution in [-0.4, -0.2) is 31.4 Å². The molecular weight excluding hydrogens is 298 g/mol. The molecule has 0 radical (unpaired) electrons. The van der Waals surface area contributed by atoms with Crippen LogP contribution < -0.4 is 5.32 Å². The second kappa shape index (κ2) is 6.91. The van der Waals surface area contributed by atoms with Gasteiger partial charge in [-0.1, -0.05) is 30.3 Å². The zero-order valence-electron chi connectivity index (χ0n) is 12.5. The van der Waals surface area contributed by atoms with Gasteiger partial charge in [-0.3, -0.25) is 4.79 Å². The Morgan fingerprint density at radius 2 is 2.18 bits per heavy atom. The molecule has 0 spiro atoms. The molecule has 1 aliphatic carbocycles. The Labute approximate surface area is 133 Å². The Hall–Kier alpha value is -1.89. The summed E-state index contributed by atoms with van der Waals surface area (Å²) in [4.78, 5) is 12.1. The molecule has 0 saturated heterocycles. The molecule has 1 aromatic carbocycles. The van der Waals surface area contributed by atoms with E-state index in [0.29, 0.717) is 18.3 Å². The zero-order chi connectivity index (χ0) is 15.4. The summed E-state index contributed by atoms with van der Waals surface area (Å²) >= 11 is 1.56. The average molecular weight is 317 g/mol. The summed E-state index contributed by atoms with van der Waals surface area (Å²) in [5.41, 5.74) is 1.10. The van der Waals surface area contributed by atoms with E-state index in [1.807, 2.05) is 41.9 Å². The Kier molecular flexibility index (Phi) is 4.72. The molecule has 1 N–H and O–H groups in total. The fourth-order valence-electron chi connectivity index (χ4n) is 2.11. The largest absolute Gasteiger partial charge is 0.351 e. The summed E-state index contributed by atoms with van der Waals surface area (Å²) in [5, 5.41) is 14.6. The first-order chi connectivity index (χ1) is 10.7. The number of nitrogens with one attached hydrogen (secondary N) is 1. The van der Waals surface area contributed by atoms with Crippen LogP contribution in [0.1, 0.15) is 37.2 Å². The van der Waals surface area contributed by atoms with Crippen molar-refractivity contribution in [3.8, 4) is 0 Å². The van der Waals surface area contributed by atoms with E-state index in [0.717, 1.165) is 24.2 Å². The highest BCUT2D eigenvalue weighted by Gasteiger charge is 2.28. The number of thioether (sulfide) groups is 1. The summed E-state index contributed by atoms with van der Waals surface area (Å²) in [6.07, 6.45) is 2.30. The van der Waals surface area contributed by atoms with Crippen LogP contribution in [0, 0.1) is 0 Å². The molecule has 1 atom stereocenters. The van der Waals surface area contributed by atoms with Crippen molar-refractivity contribution in [2.24, 2.45) is 0 Å². The number of rotatable bonds is 7. The SMILES string of the molecule is C[C@@H](SCc1nnnn1C1CC1)C(=O)NCc1ccccc1. The molecule has 22 heavy (non-hydrogen) atoms. The van der Waals surface area contributed by atoms with Crippen LogP contribution in [-0.2, 0) is 17.1 Å². The highest BCUT2D eigenvalue weighted by molar-refractivity contribution is 7.99. The average Bonchev–Trinajstić information content (AvgIpc) is 3.29. The van der Waals surface area contributed by atoms with E-state index in [1.54, 1.807) is 11.8 Å². The number of amides is 1. The number of carbonyl (C=O) groups excluding carboxylic acids is 1. The summed E-state index contributed by atoms with van der Waals surface area (Å²) < 4.78 is 1.89. The van der Waals surface area contributed by atoms with Crippen LogP contribution in [0.4, 0.5) is 0 Å². The summed E-state index contributed by atoms with van der Waals surface area (Å²) in [6.45, 7) is 2.47. The lowest BCUT2D eigenvalue weighted by Crippen LogP contribution is -2.30. The van der Waals surface area contributed by atoms with Gasteiger partial charge in [-0.15, -0.1) is 16.9 Å². The fourth-order valence-corrected chi connectivity index (χ4v) is 2.94. The van der Waals surface area contributed by atoms with Crippen molar-refractivity contribution in [3.05, 3.63) is 41.7 Å². The first kappa shape index (κ1) is 15.0. The summed E-state index contributed by atoms with van der Waals surface area (Å²) in [6, 6.07) is 10.4. The van der Waals surface area contributed by atoms with Crippen LogP contribution in [0.2, 0.25) is 0 Å². The lowest BCUT2D eigenvalue weighted by atomic mass is 10.2. The molecule has 1 aliphatic rings. The minimum atomic E-state index is -0.131. The molecule has 1 amide bonds. The maximum absolute atomic E-state index is 12.1. The molecule has 1 fully saturated rings. The van der Waals surface area contributed by atoms with Gasteiger partial charge in [0.1, 0.15) is 0 Å². The molecule has 1 heterocycles. The molecule has 1 aromatic heterocycles. The second-order valence-electron chi connectivity index (χ2n) is 5.43. The quantitative estimate of drug-likeness (QED) is 0.845. The van der Waals surface area contributed by atoms with Crippen LogP contribution in [0.25, 0.3) is 0 Å². The normalized spacial score (nSPS) is 15.5. The van der Waals surface area contributed by atoms with Crippen LogP contribution >= 0.6 is 11.8 Å². The number of hydrogen-bond acceptors (Lipinski definition) is 5. The van der Waals surface area contributed by atoms with E-state index in [1.165, 1.54) is 0 Å². The Balaban J connectivity index is 1.45. The topological polar surface area (TPSA) is 72.7 Å². The highest BCUT2D eigenvalue weighted by atomic mass is 32.2. The molecule has 7 heteroatoms. The van der Waals surface area contributed by atoms with Gasteiger partial charge in [0.2, 0.25) is 5.91 Å². The predicted octanol–water partition coefficient (Wildman–Crippen LogP) is 1.95. The second-order valence-corrected chi connectivity index (χ2v) is 6.76. The highest BCUT2D eigenvalue weighted by Crippen LogP contribution is 2.35. The number of tetrazole rings is 1. The van der Waals surface area contributed by atoms with E-state index >= 15 is 0 Å². The van der Waals surface area contributed by atoms with Crippen molar-refractivity contribution >= 4 is 17.7 Å². The van der Waals surface area contributed by atoms with E-state index < -0.39 is 0 Å². The van der Waals surface area contributed by atoms with Crippen molar-refractivity contribution in [2.75, 3.05) is 0 Å². The molecule has 0 bridgehead atoms. The number of benzene rings is 1. The van der Waals surface area contributed by atoms with Gasteiger partial charge in [-0.25, -0.2) is 4.68 Å². The predicted molar refractivity (Wildman–Crippen MR) is 85.1 cm³/mol. The number of aromatic nitrogens is 4. The van der Waals surface area contributed by atoms with Gasteiger partial charge in [0.25, 0.3) is 0 Å². The maximum Gasteiger partial charge on any atom is 0.233 e. The Bertz CT molecular complexity index is 626. The van der Waals surface area contributed by atoms with Crippen molar-refractivity contribution in [3.63, 3.8) is 0 Å². The van der Waals surface area contributed by atoms with Crippen LogP contribution in [0.3, 0.4) is 0 Å².